The number of carbonyl (C=O) groups is 2. The maximum absolute atomic E-state index is 11.8. The number of ether oxygens (including phenoxy) is 1. The predicted molar refractivity (Wildman–Crippen MR) is 68.2 cm³/mol. The molecule has 104 valence electrons. The van der Waals surface area contributed by atoms with Crippen molar-refractivity contribution in [2.45, 2.75) is 6.42 Å². The lowest BCUT2D eigenvalue weighted by molar-refractivity contribution is -0.161. The second-order valence-electron chi connectivity index (χ2n) is 4.89. The zero-order valence-corrected chi connectivity index (χ0v) is 11.5. The number of likely N-dealkylation sites (N-methyl/N-ethyl adjacent to an activating group) is 1. The van der Waals surface area contributed by atoms with Gasteiger partial charge in [0.1, 0.15) is 0 Å². The van der Waals surface area contributed by atoms with Crippen molar-refractivity contribution in [1.82, 2.24) is 14.7 Å². The van der Waals surface area contributed by atoms with Crippen LogP contribution in [0.25, 0.3) is 0 Å². The van der Waals surface area contributed by atoms with Gasteiger partial charge in [-0.2, -0.15) is 0 Å². The fraction of sp³-hybridized carbons (Fsp3) is 0.833. The Morgan fingerprint density at radius 2 is 1.78 bits per heavy atom. The molecule has 0 aliphatic carbocycles. The number of hydrogen-bond donors (Lipinski definition) is 0. The van der Waals surface area contributed by atoms with E-state index in [0.29, 0.717) is 19.7 Å². The summed E-state index contributed by atoms with van der Waals surface area (Å²) in [5.74, 6) is -1.23. The van der Waals surface area contributed by atoms with Crippen LogP contribution in [0.1, 0.15) is 6.42 Å². The lowest BCUT2D eigenvalue weighted by atomic mass is 10.3. The summed E-state index contributed by atoms with van der Waals surface area (Å²) >= 11 is 0. The average Bonchev–Trinajstić information content (AvgIpc) is 2.34. The Balaban J connectivity index is 2.22. The van der Waals surface area contributed by atoms with Crippen molar-refractivity contribution < 1.29 is 14.3 Å². The molecule has 0 aromatic rings. The first-order valence-electron chi connectivity index (χ1n) is 6.30. The van der Waals surface area contributed by atoms with Crippen LogP contribution in [0.4, 0.5) is 0 Å². The Morgan fingerprint density at radius 1 is 1.17 bits per heavy atom. The van der Waals surface area contributed by atoms with Gasteiger partial charge in [-0.15, -0.1) is 0 Å². The first-order valence-corrected chi connectivity index (χ1v) is 6.30. The molecule has 0 aromatic heterocycles. The maximum Gasteiger partial charge on any atom is 0.397 e. The highest BCUT2D eigenvalue weighted by Crippen LogP contribution is 2.01. The predicted octanol–water partition coefficient (Wildman–Crippen LogP) is -0.745. The van der Waals surface area contributed by atoms with Gasteiger partial charge in [0.15, 0.2) is 0 Å². The van der Waals surface area contributed by atoms with Crippen molar-refractivity contribution in [3.8, 4) is 0 Å². The van der Waals surface area contributed by atoms with Gasteiger partial charge in [-0.25, -0.2) is 4.79 Å². The molecule has 0 spiro atoms. The van der Waals surface area contributed by atoms with Crippen molar-refractivity contribution in [3.05, 3.63) is 0 Å². The Morgan fingerprint density at radius 3 is 2.33 bits per heavy atom. The van der Waals surface area contributed by atoms with Gasteiger partial charge in [0, 0.05) is 32.7 Å². The molecule has 0 bridgehead atoms. The van der Waals surface area contributed by atoms with Gasteiger partial charge in [0.25, 0.3) is 0 Å². The van der Waals surface area contributed by atoms with Crippen LogP contribution in [0.3, 0.4) is 0 Å². The monoisotopic (exact) mass is 257 g/mol. The molecule has 0 saturated carbocycles. The van der Waals surface area contributed by atoms with Gasteiger partial charge < -0.3 is 19.4 Å². The molecule has 1 aliphatic rings. The molecule has 0 unspecified atom stereocenters. The molecule has 0 atom stereocenters. The summed E-state index contributed by atoms with van der Waals surface area (Å²) in [7, 11) is 5.91. The summed E-state index contributed by atoms with van der Waals surface area (Å²) in [5.41, 5.74) is 0. The van der Waals surface area contributed by atoms with Crippen LogP contribution in [0, 0.1) is 0 Å². The molecule has 6 heteroatoms. The van der Waals surface area contributed by atoms with Crippen LogP contribution in [0.15, 0.2) is 0 Å². The average molecular weight is 257 g/mol. The third-order valence-corrected chi connectivity index (χ3v) is 2.95. The SMILES string of the molecule is CN(C)CCCOC(=O)C(=O)N1CCN(C)CC1. The smallest absolute Gasteiger partial charge is 0.397 e. The Kier molecular flexibility index (Phi) is 6.07. The van der Waals surface area contributed by atoms with Gasteiger partial charge in [-0.1, -0.05) is 0 Å². The maximum atomic E-state index is 11.8. The van der Waals surface area contributed by atoms with E-state index in [1.165, 1.54) is 0 Å². The van der Waals surface area contributed by atoms with E-state index in [0.717, 1.165) is 26.1 Å². The van der Waals surface area contributed by atoms with E-state index in [9.17, 15) is 9.59 Å². The molecular formula is C12H23N3O3. The molecule has 1 amide bonds. The molecule has 0 aromatic carbocycles. The first-order chi connectivity index (χ1) is 8.50. The van der Waals surface area contributed by atoms with Crippen LogP contribution in [-0.4, -0.2) is 87.0 Å². The van der Waals surface area contributed by atoms with E-state index in [1.54, 1.807) is 4.90 Å². The van der Waals surface area contributed by atoms with E-state index < -0.39 is 11.9 Å². The highest BCUT2D eigenvalue weighted by Gasteiger charge is 2.25. The minimum Gasteiger partial charge on any atom is -0.458 e. The quantitative estimate of drug-likeness (QED) is 0.377. The second kappa shape index (κ2) is 7.33. The van der Waals surface area contributed by atoms with Crippen LogP contribution < -0.4 is 0 Å². The summed E-state index contributed by atoms with van der Waals surface area (Å²) in [6.45, 7) is 3.95. The molecule has 1 fully saturated rings. The van der Waals surface area contributed by atoms with E-state index in [-0.39, 0.29) is 0 Å². The number of rotatable bonds is 4. The van der Waals surface area contributed by atoms with Gasteiger partial charge in [0.2, 0.25) is 0 Å². The fourth-order valence-electron chi connectivity index (χ4n) is 1.75. The number of carbonyl (C=O) groups excluding carboxylic acids is 2. The van der Waals surface area contributed by atoms with E-state index in [1.807, 2.05) is 26.0 Å². The molecule has 1 heterocycles. The van der Waals surface area contributed by atoms with Crippen LogP contribution >= 0.6 is 0 Å². The van der Waals surface area contributed by atoms with Crippen molar-refractivity contribution in [2.24, 2.45) is 0 Å². The van der Waals surface area contributed by atoms with Gasteiger partial charge >= 0.3 is 11.9 Å². The summed E-state index contributed by atoms with van der Waals surface area (Å²) < 4.78 is 4.96. The first kappa shape index (κ1) is 14.9. The molecule has 0 N–H and O–H groups in total. The molecule has 18 heavy (non-hydrogen) atoms. The lowest BCUT2D eigenvalue weighted by Gasteiger charge is -2.31. The largest absolute Gasteiger partial charge is 0.458 e. The summed E-state index contributed by atoms with van der Waals surface area (Å²) in [6, 6.07) is 0. The highest BCUT2D eigenvalue weighted by molar-refractivity contribution is 6.32. The Labute approximate surface area is 108 Å². The van der Waals surface area contributed by atoms with E-state index in [4.69, 9.17) is 4.74 Å². The Hall–Kier alpha value is -1.14. The minimum absolute atomic E-state index is 0.302. The fourth-order valence-corrected chi connectivity index (χ4v) is 1.75. The Bertz CT molecular complexity index is 286. The van der Waals surface area contributed by atoms with Crippen molar-refractivity contribution in [1.29, 1.82) is 0 Å². The standard InChI is InChI=1S/C12H23N3O3/c1-13(2)5-4-10-18-12(17)11(16)15-8-6-14(3)7-9-15/h4-10H2,1-3H3. The lowest BCUT2D eigenvalue weighted by Crippen LogP contribution is -2.49. The van der Waals surface area contributed by atoms with Crippen molar-refractivity contribution in [2.75, 3.05) is 60.5 Å². The number of piperazine rings is 1. The molecule has 0 radical (unpaired) electrons. The van der Waals surface area contributed by atoms with Gasteiger partial charge in [-0.3, -0.25) is 4.79 Å². The molecule has 1 saturated heterocycles. The number of nitrogens with zero attached hydrogens (tertiary/aromatic N) is 3. The van der Waals surface area contributed by atoms with Crippen LogP contribution in [-0.2, 0) is 14.3 Å². The van der Waals surface area contributed by atoms with Gasteiger partial charge in [-0.05, 0) is 27.6 Å². The zero-order valence-electron chi connectivity index (χ0n) is 11.5. The summed E-state index contributed by atoms with van der Waals surface area (Å²) in [4.78, 5) is 29.0. The minimum atomic E-state index is -0.724. The van der Waals surface area contributed by atoms with E-state index >= 15 is 0 Å². The molecule has 1 rings (SSSR count). The second-order valence-corrected chi connectivity index (χ2v) is 4.89. The number of amides is 1. The summed E-state index contributed by atoms with van der Waals surface area (Å²) in [6.07, 6.45) is 0.745. The number of hydrogen-bond acceptors (Lipinski definition) is 5. The molecule has 1 aliphatic heterocycles. The van der Waals surface area contributed by atoms with Crippen molar-refractivity contribution >= 4 is 11.9 Å². The number of esters is 1. The van der Waals surface area contributed by atoms with E-state index in [2.05, 4.69) is 4.90 Å². The third-order valence-electron chi connectivity index (χ3n) is 2.95. The van der Waals surface area contributed by atoms with Crippen molar-refractivity contribution in [3.63, 3.8) is 0 Å². The molecular weight excluding hydrogens is 234 g/mol. The normalized spacial score (nSPS) is 17.0. The topological polar surface area (TPSA) is 53.1 Å². The summed E-state index contributed by atoms with van der Waals surface area (Å²) in [5, 5.41) is 0. The van der Waals surface area contributed by atoms with Crippen LogP contribution in [0.5, 0.6) is 0 Å². The van der Waals surface area contributed by atoms with Gasteiger partial charge in [0.05, 0.1) is 6.61 Å². The highest BCUT2D eigenvalue weighted by atomic mass is 16.5. The van der Waals surface area contributed by atoms with Crippen LogP contribution in [0.2, 0.25) is 0 Å². The molecule has 6 nitrogen and oxygen atoms in total. The third kappa shape index (κ3) is 5.01. The zero-order chi connectivity index (χ0) is 13.5.